The minimum atomic E-state index is -1.40. The van der Waals surface area contributed by atoms with E-state index in [1.165, 1.54) is 13.2 Å². The van der Waals surface area contributed by atoms with Crippen LogP contribution in [0.1, 0.15) is 5.56 Å². The highest BCUT2D eigenvalue weighted by molar-refractivity contribution is 5.95. The van der Waals surface area contributed by atoms with Gasteiger partial charge in [0.15, 0.2) is 0 Å². The van der Waals surface area contributed by atoms with Crippen molar-refractivity contribution in [3.05, 3.63) is 54.1 Å². The average Bonchev–Trinajstić information content (AvgIpc) is 2.48. The third-order valence-electron chi connectivity index (χ3n) is 2.75. The Kier molecular flexibility index (Phi) is 3.87. The van der Waals surface area contributed by atoms with E-state index in [0.717, 1.165) is 4.90 Å². The van der Waals surface area contributed by atoms with E-state index < -0.39 is 6.09 Å². The first-order valence-electron chi connectivity index (χ1n) is 5.81. The Hall–Kier alpha value is -3.00. The number of carbonyl (C=O) groups excluding carboxylic acids is 1. The van der Waals surface area contributed by atoms with Gasteiger partial charge in [-0.05, 0) is 30.3 Å². The SMILES string of the molecule is COc1ccc(C#N)cc1N(C(=O)[O-])c1ccccc1. The van der Waals surface area contributed by atoms with Crippen molar-refractivity contribution in [1.82, 2.24) is 0 Å². The van der Waals surface area contributed by atoms with Gasteiger partial charge in [0, 0.05) is 5.69 Å². The highest BCUT2D eigenvalue weighted by Crippen LogP contribution is 2.34. The van der Waals surface area contributed by atoms with E-state index in [1.807, 2.05) is 6.07 Å². The number of carbonyl (C=O) groups is 1. The maximum absolute atomic E-state index is 11.4. The molecule has 0 saturated carbocycles. The molecule has 5 heteroatoms. The minimum Gasteiger partial charge on any atom is -0.529 e. The minimum absolute atomic E-state index is 0.248. The molecular weight excluding hydrogens is 256 g/mol. The smallest absolute Gasteiger partial charge is 0.146 e. The topological polar surface area (TPSA) is 76.4 Å². The predicted octanol–water partition coefficient (Wildman–Crippen LogP) is 2.05. The maximum Gasteiger partial charge on any atom is 0.146 e. The Labute approximate surface area is 116 Å². The molecule has 0 aliphatic carbocycles. The molecule has 100 valence electrons. The van der Waals surface area contributed by atoms with Gasteiger partial charge in [0.25, 0.3) is 0 Å². The van der Waals surface area contributed by atoms with Crippen LogP contribution >= 0.6 is 0 Å². The molecule has 2 rings (SSSR count). The summed E-state index contributed by atoms with van der Waals surface area (Å²) in [6.07, 6.45) is -1.40. The lowest BCUT2D eigenvalue weighted by Gasteiger charge is -2.26. The fourth-order valence-electron chi connectivity index (χ4n) is 1.85. The zero-order valence-corrected chi connectivity index (χ0v) is 10.7. The second-order valence-corrected chi connectivity index (χ2v) is 3.94. The molecule has 2 aromatic rings. The molecule has 0 aromatic heterocycles. The fraction of sp³-hybridized carbons (Fsp3) is 0.0667. The lowest BCUT2D eigenvalue weighted by atomic mass is 10.1. The zero-order chi connectivity index (χ0) is 14.5. The number of hydrogen-bond donors (Lipinski definition) is 0. The van der Waals surface area contributed by atoms with E-state index in [9.17, 15) is 9.90 Å². The summed E-state index contributed by atoms with van der Waals surface area (Å²) in [4.78, 5) is 12.4. The summed E-state index contributed by atoms with van der Waals surface area (Å²) >= 11 is 0. The number of hydrogen-bond acceptors (Lipinski definition) is 4. The van der Waals surface area contributed by atoms with Gasteiger partial charge in [0.1, 0.15) is 11.8 Å². The lowest BCUT2D eigenvalue weighted by Crippen LogP contribution is -2.38. The van der Waals surface area contributed by atoms with Crippen LogP contribution in [0.2, 0.25) is 0 Å². The van der Waals surface area contributed by atoms with E-state index in [-0.39, 0.29) is 5.69 Å². The van der Waals surface area contributed by atoms with Crippen LogP contribution < -0.4 is 14.7 Å². The van der Waals surface area contributed by atoms with Gasteiger partial charge < -0.3 is 14.6 Å². The summed E-state index contributed by atoms with van der Waals surface area (Å²) < 4.78 is 5.16. The Morgan fingerprint density at radius 3 is 2.50 bits per heavy atom. The quantitative estimate of drug-likeness (QED) is 0.852. The number of carboxylic acid groups (broad SMARTS) is 1. The van der Waals surface area contributed by atoms with Gasteiger partial charge in [-0.15, -0.1) is 0 Å². The third-order valence-corrected chi connectivity index (χ3v) is 2.75. The molecule has 20 heavy (non-hydrogen) atoms. The van der Waals surface area contributed by atoms with Crippen molar-refractivity contribution < 1.29 is 14.6 Å². The molecule has 5 nitrogen and oxygen atoms in total. The highest BCUT2D eigenvalue weighted by atomic mass is 16.5. The number of amides is 1. The van der Waals surface area contributed by atoms with E-state index in [0.29, 0.717) is 17.0 Å². The zero-order valence-electron chi connectivity index (χ0n) is 10.7. The van der Waals surface area contributed by atoms with E-state index in [1.54, 1.807) is 42.5 Å². The van der Waals surface area contributed by atoms with Crippen LogP contribution in [0.5, 0.6) is 5.75 Å². The monoisotopic (exact) mass is 267 g/mol. The van der Waals surface area contributed by atoms with Gasteiger partial charge in [0.2, 0.25) is 0 Å². The number of nitrogens with zero attached hydrogens (tertiary/aromatic N) is 2. The van der Waals surface area contributed by atoms with Crippen molar-refractivity contribution in [2.45, 2.75) is 0 Å². The summed E-state index contributed by atoms with van der Waals surface area (Å²) in [5.74, 6) is 0.344. The number of anilines is 2. The van der Waals surface area contributed by atoms with Crippen molar-refractivity contribution in [2.24, 2.45) is 0 Å². The molecule has 1 amide bonds. The average molecular weight is 267 g/mol. The van der Waals surface area contributed by atoms with Crippen molar-refractivity contribution >= 4 is 17.5 Å². The number of rotatable bonds is 3. The second kappa shape index (κ2) is 5.76. The molecule has 2 aromatic carbocycles. The first-order valence-corrected chi connectivity index (χ1v) is 5.81. The highest BCUT2D eigenvalue weighted by Gasteiger charge is 2.16. The molecule has 0 aliphatic heterocycles. The van der Waals surface area contributed by atoms with Crippen LogP contribution in [-0.4, -0.2) is 13.2 Å². The number of methoxy groups -OCH3 is 1. The van der Waals surface area contributed by atoms with Crippen LogP contribution in [-0.2, 0) is 0 Å². The fourth-order valence-corrected chi connectivity index (χ4v) is 1.85. The molecule has 0 spiro atoms. The molecule has 0 unspecified atom stereocenters. The second-order valence-electron chi connectivity index (χ2n) is 3.94. The number of benzene rings is 2. The number of ether oxygens (including phenoxy) is 1. The van der Waals surface area contributed by atoms with Crippen LogP contribution in [0.3, 0.4) is 0 Å². The number of nitriles is 1. The van der Waals surface area contributed by atoms with Crippen molar-refractivity contribution in [3.8, 4) is 11.8 Å². The standard InChI is InChI=1S/C15H12N2O3/c1-20-14-8-7-11(10-16)9-13(14)17(15(18)19)12-5-3-2-4-6-12/h2-9H,1H3,(H,18,19)/p-1. The number of para-hydroxylation sites is 1. The Morgan fingerprint density at radius 2 is 1.95 bits per heavy atom. The summed E-state index contributed by atoms with van der Waals surface area (Å²) in [5, 5.41) is 20.4. The van der Waals surface area contributed by atoms with Gasteiger partial charge in [0.05, 0.1) is 24.4 Å². The molecule has 0 radical (unpaired) electrons. The first-order chi connectivity index (χ1) is 9.67. The summed E-state index contributed by atoms with van der Waals surface area (Å²) in [5.41, 5.74) is 1.00. The van der Waals surface area contributed by atoms with Gasteiger partial charge in [-0.2, -0.15) is 5.26 Å². The molecular formula is C15H11N2O3-. The van der Waals surface area contributed by atoms with Crippen LogP contribution in [0, 0.1) is 11.3 Å². The van der Waals surface area contributed by atoms with E-state index >= 15 is 0 Å². The molecule has 0 fully saturated rings. The third kappa shape index (κ3) is 2.54. The van der Waals surface area contributed by atoms with Crippen LogP contribution in [0.15, 0.2) is 48.5 Å². The summed E-state index contributed by atoms with van der Waals surface area (Å²) in [6.45, 7) is 0. The molecule has 0 atom stereocenters. The van der Waals surface area contributed by atoms with Crippen molar-refractivity contribution in [2.75, 3.05) is 12.0 Å². The van der Waals surface area contributed by atoms with E-state index in [2.05, 4.69) is 0 Å². The van der Waals surface area contributed by atoms with E-state index in [4.69, 9.17) is 10.00 Å². The predicted molar refractivity (Wildman–Crippen MR) is 71.7 cm³/mol. The largest absolute Gasteiger partial charge is 0.529 e. The van der Waals surface area contributed by atoms with Gasteiger partial charge >= 0.3 is 0 Å². The maximum atomic E-state index is 11.4. The Balaban J connectivity index is 2.61. The van der Waals surface area contributed by atoms with Crippen LogP contribution in [0.25, 0.3) is 0 Å². The Morgan fingerprint density at radius 1 is 1.25 bits per heavy atom. The molecule has 0 aliphatic rings. The summed E-state index contributed by atoms with van der Waals surface area (Å²) in [7, 11) is 1.43. The normalized spacial score (nSPS) is 9.60. The van der Waals surface area contributed by atoms with Crippen molar-refractivity contribution in [1.29, 1.82) is 5.26 Å². The Bertz CT molecular complexity index is 663. The molecule has 0 bridgehead atoms. The first kappa shape index (κ1) is 13.4. The van der Waals surface area contributed by atoms with Crippen LogP contribution in [0.4, 0.5) is 16.2 Å². The molecule has 0 saturated heterocycles. The van der Waals surface area contributed by atoms with Crippen molar-refractivity contribution in [3.63, 3.8) is 0 Å². The molecule has 0 heterocycles. The van der Waals surface area contributed by atoms with Gasteiger partial charge in [-0.3, -0.25) is 4.90 Å². The molecule has 0 N–H and O–H groups in total. The summed E-state index contributed by atoms with van der Waals surface area (Å²) in [6, 6.07) is 15.0. The van der Waals surface area contributed by atoms with Gasteiger partial charge in [-0.25, -0.2) is 0 Å². The lowest BCUT2D eigenvalue weighted by molar-refractivity contribution is -0.245. The van der Waals surface area contributed by atoms with Gasteiger partial charge in [-0.1, -0.05) is 18.2 Å².